The number of hydrogen-bond donors (Lipinski definition) is 1. The van der Waals surface area contributed by atoms with Crippen molar-refractivity contribution in [1.29, 1.82) is 0 Å². The molecule has 2 nitrogen and oxygen atoms in total. The fourth-order valence-electron chi connectivity index (χ4n) is 1.41. The summed E-state index contributed by atoms with van der Waals surface area (Å²) >= 11 is 5.98. The highest BCUT2D eigenvalue weighted by Gasteiger charge is 2.08. The highest BCUT2D eigenvalue weighted by Crippen LogP contribution is 2.32. The van der Waals surface area contributed by atoms with Crippen molar-refractivity contribution in [3.05, 3.63) is 58.9 Å². The van der Waals surface area contributed by atoms with Crippen LogP contribution in [0, 0.1) is 5.82 Å². The van der Waals surface area contributed by atoms with E-state index in [0.717, 1.165) is 0 Å². The van der Waals surface area contributed by atoms with Crippen LogP contribution in [0.4, 0.5) is 4.39 Å². The van der Waals surface area contributed by atoms with Crippen molar-refractivity contribution in [2.45, 2.75) is 6.61 Å². The number of benzene rings is 2. The lowest BCUT2D eigenvalue weighted by Gasteiger charge is -2.11. The molecule has 17 heavy (non-hydrogen) atoms. The van der Waals surface area contributed by atoms with Crippen LogP contribution in [0.15, 0.2) is 42.5 Å². The molecule has 2 aromatic rings. The third kappa shape index (κ3) is 2.75. The Balaban J connectivity index is 2.32. The van der Waals surface area contributed by atoms with Crippen LogP contribution in [0.5, 0.6) is 11.5 Å². The molecule has 0 saturated carbocycles. The number of halogens is 2. The van der Waals surface area contributed by atoms with Crippen LogP contribution in [0.25, 0.3) is 0 Å². The van der Waals surface area contributed by atoms with Gasteiger partial charge in [0.05, 0.1) is 11.6 Å². The molecule has 0 aliphatic carbocycles. The smallest absolute Gasteiger partial charge is 0.151 e. The van der Waals surface area contributed by atoms with Gasteiger partial charge in [-0.2, -0.15) is 0 Å². The van der Waals surface area contributed by atoms with E-state index in [1.54, 1.807) is 18.2 Å². The molecule has 0 aliphatic rings. The van der Waals surface area contributed by atoms with Crippen LogP contribution >= 0.6 is 11.6 Å². The first kappa shape index (κ1) is 11.9. The summed E-state index contributed by atoms with van der Waals surface area (Å²) < 4.78 is 18.3. The van der Waals surface area contributed by atoms with Crippen molar-refractivity contribution in [1.82, 2.24) is 0 Å². The monoisotopic (exact) mass is 252 g/mol. The molecule has 0 fully saturated rings. The highest BCUT2D eigenvalue weighted by atomic mass is 35.5. The van der Waals surface area contributed by atoms with Gasteiger partial charge in [-0.25, -0.2) is 4.39 Å². The largest absolute Gasteiger partial charge is 0.455 e. The van der Waals surface area contributed by atoms with Gasteiger partial charge < -0.3 is 9.84 Å². The van der Waals surface area contributed by atoms with E-state index in [0.29, 0.717) is 22.1 Å². The zero-order valence-corrected chi connectivity index (χ0v) is 9.62. The summed E-state index contributed by atoms with van der Waals surface area (Å²) in [6.07, 6.45) is 0. The summed E-state index contributed by atoms with van der Waals surface area (Å²) in [7, 11) is 0. The fourth-order valence-corrected chi connectivity index (χ4v) is 1.65. The Morgan fingerprint density at radius 3 is 2.47 bits per heavy atom. The Morgan fingerprint density at radius 1 is 1.12 bits per heavy atom. The standard InChI is InChI=1S/C13H10ClFO2/c14-12-3-1-2-9(8-16)13(12)17-11-6-4-10(15)5-7-11/h1-7,16H,8H2. The van der Waals surface area contributed by atoms with Crippen molar-refractivity contribution in [3.8, 4) is 11.5 Å². The molecule has 0 aromatic heterocycles. The predicted octanol–water partition coefficient (Wildman–Crippen LogP) is 3.76. The first-order valence-corrected chi connectivity index (χ1v) is 5.40. The average molecular weight is 253 g/mol. The van der Waals surface area contributed by atoms with Crippen LogP contribution in [-0.2, 0) is 6.61 Å². The van der Waals surface area contributed by atoms with Gasteiger partial charge in [-0.3, -0.25) is 0 Å². The minimum absolute atomic E-state index is 0.170. The molecule has 0 unspecified atom stereocenters. The molecule has 0 heterocycles. The van der Waals surface area contributed by atoms with Gasteiger partial charge in [-0.15, -0.1) is 0 Å². The van der Waals surface area contributed by atoms with Gasteiger partial charge in [0.25, 0.3) is 0 Å². The summed E-state index contributed by atoms with van der Waals surface area (Å²) in [5.41, 5.74) is 0.585. The quantitative estimate of drug-likeness (QED) is 0.901. The number of para-hydroxylation sites is 1. The molecule has 2 rings (SSSR count). The van der Waals surface area contributed by atoms with E-state index in [4.69, 9.17) is 21.4 Å². The normalized spacial score (nSPS) is 10.3. The van der Waals surface area contributed by atoms with Crippen LogP contribution in [0.2, 0.25) is 5.02 Å². The molecule has 0 amide bonds. The van der Waals surface area contributed by atoms with Gasteiger partial charge in [-0.1, -0.05) is 23.7 Å². The van der Waals surface area contributed by atoms with E-state index in [1.165, 1.54) is 24.3 Å². The minimum Gasteiger partial charge on any atom is -0.455 e. The molecule has 0 saturated heterocycles. The average Bonchev–Trinajstić information content (AvgIpc) is 2.34. The molecule has 88 valence electrons. The van der Waals surface area contributed by atoms with Gasteiger partial charge in [0.15, 0.2) is 5.75 Å². The van der Waals surface area contributed by atoms with E-state index in [1.807, 2.05) is 0 Å². The van der Waals surface area contributed by atoms with Gasteiger partial charge in [0.2, 0.25) is 0 Å². The molecule has 4 heteroatoms. The molecule has 0 radical (unpaired) electrons. The number of hydrogen-bond acceptors (Lipinski definition) is 2. The van der Waals surface area contributed by atoms with Crippen LogP contribution in [0.1, 0.15) is 5.56 Å². The first-order valence-electron chi connectivity index (χ1n) is 5.02. The maximum atomic E-state index is 12.7. The van der Waals surface area contributed by atoms with Gasteiger partial charge >= 0.3 is 0 Å². The van der Waals surface area contributed by atoms with Crippen LogP contribution in [0.3, 0.4) is 0 Å². The fraction of sp³-hybridized carbons (Fsp3) is 0.0769. The minimum atomic E-state index is -0.334. The third-order valence-electron chi connectivity index (χ3n) is 2.25. The Hall–Kier alpha value is -1.58. The lowest BCUT2D eigenvalue weighted by atomic mass is 10.2. The van der Waals surface area contributed by atoms with E-state index in [-0.39, 0.29) is 12.4 Å². The van der Waals surface area contributed by atoms with Crippen molar-refractivity contribution < 1.29 is 14.2 Å². The molecule has 0 spiro atoms. The second kappa shape index (κ2) is 5.17. The zero-order valence-electron chi connectivity index (χ0n) is 8.86. The molecule has 0 aliphatic heterocycles. The third-order valence-corrected chi connectivity index (χ3v) is 2.55. The van der Waals surface area contributed by atoms with Crippen molar-refractivity contribution >= 4 is 11.6 Å². The molecule has 0 atom stereocenters. The Bertz CT molecular complexity index is 511. The molecule has 0 bridgehead atoms. The maximum Gasteiger partial charge on any atom is 0.151 e. The summed E-state index contributed by atoms with van der Waals surface area (Å²) in [5.74, 6) is 0.524. The van der Waals surface area contributed by atoms with Gasteiger partial charge in [0.1, 0.15) is 11.6 Å². The second-order valence-corrected chi connectivity index (χ2v) is 3.85. The predicted molar refractivity (Wildman–Crippen MR) is 63.8 cm³/mol. The maximum absolute atomic E-state index is 12.7. The highest BCUT2D eigenvalue weighted by molar-refractivity contribution is 6.32. The van der Waals surface area contributed by atoms with Crippen LogP contribution < -0.4 is 4.74 Å². The SMILES string of the molecule is OCc1cccc(Cl)c1Oc1ccc(F)cc1. The number of aliphatic hydroxyl groups excluding tert-OH is 1. The van der Waals surface area contributed by atoms with Crippen LogP contribution in [-0.4, -0.2) is 5.11 Å². The summed E-state index contributed by atoms with van der Waals surface area (Å²) in [4.78, 5) is 0. The molecule has 2 aromatic carbocycles. The Kier molecular flexibility index (Phi) is 3.61. The summed E-state index contributed by atoms with van der Waals surface area (Å²) in [5, 5.41) is 9.57. The molecule has 1 N–H and O–H groups in total. The first-order chi connectivity index (χ1) is 8.20. The molecular formula is C13H10ClFO2. The lowest BCUT2D eigenvalue weighted by molar-refractivity contribution is 0.276. The van der Waals surface area contributed by atoms with Gasteiger partial charge in [0, 0.05) is 5.56 Å². The lowest BCUT2D eigenvalue weighted by Crippen LogP contribution is -1.92. The summed E-state index contributed by atoms with van der Waals surface area (Å²) in [6, 6.07) is 10.7. The van der Waals surface area contributed by atoms with Crippen molar-refractivity contribution in [2.24, 2.45) is 0 Å². The second-order valence-electron chi connectivity index (χ2n) is 3.44. The number of rotatable bonds is 3. The van der Waals surface area contributed by atoms with Crippen molar-refractivity contribution in [2.75, 3.05) is 0 Å². The number of ether oxygens (including phenoxy) is 1. The van der Waals surface area contributed by atoms with E-state index < -0.39 is 0 Å². The van der Waals surface area contributed by atoms with E-state index in [2.05, 4.69) is 0 Å². The van der Waals surface area contributed by atoms with E-state index in [9.17, 15) is 4.39 Å². The zero-order chi connectivity index (χ0) is 12.3. The number of aliphatic hydroxyl groups is 1. The van der Waals surface area contributed by atoms with E-state index >= 15 is 0 Å². The Labute approximate surface area is 103 Å². The Morgan fingerprint density at radius 2 is 1.82 bits per heavy atom. The van der Waals surface area contributed by atoms with Crippen molar-refractivity contribution in [3.63, 3.8) is 0 Å². The van der Waals surface area contributed by atoms with Gasteiger partial charge in [-0.05, 0) is 30.3 Å². The topological polar surface area (TPSA) is 29.5 Å². The summed E-state index contributed by atoms with van der Waals surface area (Å²) in [6.45, 7) is -0.170. The molecular weight excluding hydrogens is 243 g/mol.